The number of carbonyl (C=O) groups excluding carboxylic acids is 1. The predicted molar refractivity (Wildman–Crippen MR) is 178 cm³/mol. The van der Waals surface area contributed by atoms with Gasteiger partial charge in [0.25, 0.3) is 0 Å². The number of aryl methyl sites for hydroxylation is 1. The number of nitrogens with zero attached hydrogens (tertiary/aromatic N) is 5. The van der Waals surface area contributed by atoms with Crippen LogP contribution >= 0.6 is 0 Å². The average molecular weight is 665 g/mol. The van der Waals surface area contributed by atoms with Crippen molar-refractivity contribution in [1.29, 1.82) is 0 Å². The van der Waals surface area contributed by atoms with Gasteiger partial charge in [0.2, 0.25) is 5.91 Å². The number of sulfone groups is 1. The molecule has 240 valence electrons. The lowest BCUT2D eigenvalue weighted by Gasteiger charge is -2.08. The number of benzene rings is 2. The number of pyridine rings is 3. The highest BCUT2D eigenvalue weighted by atomic mass is 32.2. The molecule has 11 nitrogen and oxygen atoms in total. The van der Waals surface area contributed by atoms with Crippen molar-refractivity contribution < 1.29 is 22.0 Å². The van der Waals surface area contributed by atoms with E-state index in [-0.39, 0.29) is 47.1 Å². The second kappa shape index (κ2) is 12.4. The van der Waals surface area contributed by atoms with E-state index in [9.17, 15) is 17.6 Å². The standard InChI is InChI=1S/C34H26F2N8O3S/c1-48(46,47)8-7-20-9-21(12-23(35)10-20)25-16-38-17-27-32(25)42-34(41-27)33-29-26(43-44-33)18-39-31(30(29)36)22-13-24(15-37-14-22)40-28(45)11-19-5-3-2-4-6-19/h2-6,9-10,12-18H,7-8,11H2,1H3,(H,40,45)(H,41,42)(H,43,44). The molecule has 7 aromatic rings. The van der Waals surface area contributed by atoms with Crippen LogP contribution in [0.2, 0.25) is 0 Å². The summed E-state index contributed by atoms with van der Waals surface area (Å²) in [7, 11) is -3.25. The topological polar surface area (TPSA) is 159 Å². The number of imidazole rings is 1. The number of fused-ring (bicyclic) bond motifs is 2. The Labute approximate surface area is 272 Å². The molecule has 0 atom stereocenters. The summed E-state index contributed by atoms with van der Waals surface area (Å²) in [6.07, 6.45) is 8.89. The summed E-state index contributed by atoms with van der Waals surface area (Å²) in [6, 6.07) is 15.2. The number of halogens is 2. The number of hydrogen-bond acceptors (Lipinski definition) is 8. The van der Waals surface area contributed by atoms with Crippen LogP contribution < -0.4 is 5.32 Å². The molecule has 2 aromatic carbocycles. The molecular weight excluding hydrogens is 638 g/mol. The SMILES string of the molecule is CS(=O)(=O)CCc1cc(F)cc(-c2cncc3[nH]c(-c4n[nH]c5cnc(-c6cncc(NC(=O)Cc7ccccc7)c6)c(F)c45)nc23)c1. The number of aromatic nitrogens is 7. The van der Waals surface area contributed by atoms with Crippen LogP contribution in [0.1, 0.15) is 11.1 Å². The number of aromatic amines is 2. The fourth-order valence-corrected chi connectivity index (χ4v) is 6.09. The summed E-state index contributed by atoms with van der Waals surface area (Å²) in [6.45, 7) is 0. The van der Waals surface area contributed by atoms with Gasteiger partial charge in [-0.15, -0.1) is 0 Å². The second-order valence-electron chi connectivity index (χ2n) is 11.4. The number of amides is 1. The molecule has 0 spiro atoms. The summed E-state index contributed by atoms with van der Waals surface area (Å²) in [5, 5.41) is 10.0. The van der Waals surface area contributed by atoms with Gasteiger partial charge in [0.1, 0.15) is 27.0 Å². The predicted octanol–water partition coefficient (Wildman–Crippen LogP) is 5.67. The highest BCUT2D eigenvalue weighted by Crippen LogP contribution is 2.35. The van der Waals surface area contributed by atoms with Gasteiger partial charge in [0, 0.05) is 29.8 Å². The van der Waals surface area contributed by atoms with Crippen molar-refractivity contribution in [2.45, 2.75) is 12.8 Å². The third-order valence-corrected chi connectivity index (χ3v) is 8.64. The molecule has 0 aliphatic rings. The maximum absolute atomic E-state index is 16.3. The van der Waals surface area contributed by atoms with Gasteiger partial charge >= 0.3 is 0 Å². The first-order chi connectivity index (χ1) is 23.1. The number of rotatable bonds is 9. The maximum atomic E-state index is 16.3. The molecule has 0 saturated heterocycles. The fourth-order valence-electron chi connectivity index (χ4n) is 5.48. The average Bonchev–Trinajstić information content (AvgIpc) is 3.69. The van der Waals surface area contributed by atoms with E-state index < -0.39 is 21.5 Å². The van der Waals surface area contributed by atoms with Crippen molar-refractivity contribution in [2.75, 3.05) is 17.3 Å². The zero-order valence-electron chi connectivity index (χ0n) is 25.3. The molecule has 0 unspecified atom stereocenters. The van der Waals surface area contributed by atoms with E-state index in [1.807, 2.05) is 30.3 Å². The van der Waals surface area contributed by atoms with Crippen molar-refractivity contribution in [2.24, 2.45) is 0 Å². The summed E-state index contributed by atoms with van der Waals surface area (Å²) in [5.41, 5.74) is 4.49. The van der Waals surface area contributed by atoms with Crippen molar-refractivity contribution >= 4 is 43.4 Å². The minimum absolute atomic E-state index is 0.00309. The van der Waals surface area contributed by atoms with Crippen molar-refractivity contribution in [3.05, 3.63) is 108 Å². The van der Waals surface area contributed by atoms with Gasteiger partial charge in [-0.05, 0) is 41.3 Å². The van der Waals surface area contributed by atoms with Crippen molar-refractivity contribution in [1.82, 2.24) is 35.1 Å². The lowest BCUT2D eigenvalue weighted by Crippen LogP contribution is -2.14. The molecular formula is C34H26F2N8O3S. The molecule has 0 radical (unpaired) electrons. The molecule has 0 saturated carbocycles. The monoisotopic (exact) mass is 664 g/mol. The van der Waals surface area contributed by atoms with Crippen LogP contribution in [0.4, 0.5) is 14.5 Å². The maximum Gasteiger partial charge on any atom is 0.228 e. The van der Waals surface area contributed by atoms with Crippen LogP contribution in [0.5, 0.6) is 0 Å². The minimum atomic E-state index is -3.25. The molecule has 0 bridgehead atoms. The van der Waals surface area contributed by atoms with E-state index in [2.05, 4.69) is 35.5 Å². The fraction of sp³-hybridized carbons (Fsp3) is 0.118. The zero-order chi connectivity index (χ0) is 33.4. The Hall–Kier alpha value is -5.89. The van der Waals surface area contributed by atoms with E-state index in [4.69, 9.17) is 4.98 Å². The Morgan fingerprint density at radius 2 is 1.69 bits per heavy atom. The Balaban J connectivity index is 1.22. The highest BCUT2D eigenvalue weighted by Gasteiger charge is 2.22. The largest absolute Gasteiger partial charge is 0.335 e. The first-order valence-electron chi connectivity index (χ1n) is 14.7. The Kier molecular flexibility index (Phi) is 7.93. The van der Waals surface area contributed by atoms with Crippen LogP contribution in [-0.2, 0) is 27.5 Å². The van der Waals surface area contributed by atoms with Crippen LogP contribution in [0, 0.1) is 11.6 Å². The molecule has 3 N–H and O–H groups in total. The summed E-state index contributed by atoms with van der Waals surface area (Å²) in [4.78, 5) is 33.2. The first kappa shape index (κ1) is 30.7. The summed E-state index contributed by atoms with van der Waals surface area (Å²) in [5.74, 6) is -1.34. The molecule has 7 rings (SSSR count). The van der Waals surface area contributed by atoms with Gasteiger partial charge in [-0.2, -0.15) is 5.10 Å². The lowest BCUT2D eigenvalue weighted by molar-refractivity contribution is -0.115. The van der Waals surface area contributed by atoms with E-state index >= 15 is 4.39 Å². The molecule has 0 fully saturated rings. The quantitative estimate of drug-likeness (QED) is 0.178. The summed E-state index contributed by atoms with van der Waals surface area (Å²) < 4.78 is 54.3. The first-order valence-corrected chi connectivity index (χ1v) is 16.8. The number of nitrogens with one attached hydrogen (secondary N) is 3. The molecule has 5 heterocycles. The van der Waals surface area contributed by atoms with Gasteiger partial charge in [0.15, 0.2) is 11.6 Å². The number of H-pyrrole nitrogens is 2. The Morgan fingerprint density at radius 1 is 0.875 bits per heavy atom. The minimum Gasteiger partial charge on any atom is -0.335 e. The second-order valence-corrected chi connectivity index (χ2v) is 13.6. The van der Waals surface area contributed by atoms with E-state index in [1.54, 1.807) is 18.3 Å². The van der Waals surface area contributed by atoms with Crippen molar-refractivity contribution in [3.8, 4) is 33.9 Å². The molecule has 1 amide bonds. The van der Waals surface area contributed by atoms with Crippen LogP contribution in [0.3, 0.4) is 0 Å². The van der Waals surface area contributed by atoms with Crippen LogP contribution in [0.15, 0.2) is 85.6 Å². The normalized spacial score (nSPS) is 11.7. The van der Waals surface area contributed by atoms with Crippen molar-refractivity contribution in [3.63, 3.8) is 0 Å². The third-order valence-electron chi connectivity index (χ3n) is 7.70. The lowest BCUT2D eigenvalue weighted by atomic mass is 10.0. The Bertz CT molecular complexity index is 2450. The molecule has 48 heavy (non-hydrogen) atoms. The number of carbonyl (C=O) groups is 1. The molecule has 0 aliphatic carbocycles. The van der Waals surface area contributed by atoms with Gasteiger partial charge < -0.3 is 10.3 Å². The Morgan fingerprint density at radius 3 is 2.50 bits per heavy atom. The third kappa shape index (κ3) is 6.37. The van der Waals surface area contributed by atoms with Crippen LogP contribution in [-0.4, -0.2) is 61.5 Å². The highest BCUT2D eigenvalue weighted by molar-refractivity contribution is 7.90. The number of hydrogen-bond donors (Lipinski definition) is 3. The zero-order valence-corrected chi connectivity index (χ0v) is 26.1. The van der Waals surface area contributed by atoms with Gasteiger partial charge in [-0.25, -0.2) is 22.2 Å². The van der Waals surface area contributed by atoms with E-state index in [0.29, 0.717) is 44.5 Å². The van der Waals surface area contributed by atoms with Gasteiger partial charge in [-0.3, -0.25) is 24.8 Å². The van der Waals surface area contributed by atoms with Gasteiger partial charge in [0.05, 0.1) is 58.4 Å². The van der Waals surface area contributed by atoms with E-state index in [0.717, 1.165) is 11.8 Å². The van der Waals surface area contributed by atoms with Crippen LogP contribution in [0.25, 0.3) is 55.8 Å². The molecule has 14 heteroatoms. The van der Waals surface area contributed by atoms with E-state index in [1.165, 1.54) is 36.9 Å². The molecule has 0 aliphatic heterocycles. The van der Waals surface area contributed by atoms with Gasteiger partial charge in [-0.1, -0.05) is 36.4 Å². The smallest absolute Gasteiger partial charge is 0.228 e. The number of anilines is 1. The molecule has 5 aromatic heterocycles. The summed E-state index contributed by atoms with van der Waals surface area (Å²) >= 11 is 0.